The van der Waals surface area contributed by atoms with Crippen LogP contribution in [0.2, 0.25) is 0 Å². The highest BCUT2D eigenvalue weighted by molar-refractivity contribution is 5.06. The summed E-state index contributed by atoms with van der Waals surface area (Å²) in [6.07, 6.45) is 3.33. The van der Waals surface area contributed by atoms with Gasteiger partial charge in [-0.2, -0.15) is 5.26 Å². The van der Waals surface area contributed by atoms with Crippen LogP contribution in [-0.2, 0) is 0 Å². The Labute approximate surface area is 114 Å². The van der Waals surface area contributed by atoms with Crippen LogP contribution in [0, 0.1) is 11.3 Å². The molecular formula is C15H31N3. The molecule has 3 nitrogen and oxygen atoms in total. The topological polar surface area (TPSA) is 39.1 Å². The fourth-order valence-corrected chi connectivity index (χ4v) is 2.55. The first-order valence-electron chi connectivity index (χ1n) is 7.31. The Morgan fingerprint density at radius 3 is 2.28 bits per heavy atom. The summed E-state index contributed by atoms with van der Waals surface area (Å²) >= 11 is 0. The molecule has 0 aliphatic carbocycles. The van der Waals surface area contributed by atoms with Crippen molar-refractivity contribution < 1.29 is 0 Å². The van der Waals surface area contributed by atoms with E-state index in [9.17, 15) is 5.26 Å². The molecular weight excluding hydrogens is 222 g/mol. The number of nitriles is 1. The maximum absolute atomic E-state index is 9.38. The second kappa shape index (κ2) is 8.50. The van der Waals surface area contributed by atoms with Crippen molar-refractivity contribution in [3.63, 3.8) is 0 Å². The van der Waals surface area contributed by atoms with Crippen molar-refractivity contribution in [1.29, 1.82) is 5.26 Å². The average Bonchev–Trinajstić information content (AvgIpc) is 2.28. The van der Waals surface area contributed by atoms with Crippen LogP contribution in [0.1, 0.15) is 60.8 Å². The van der Waals surface area contributed by atoms with Crippen LogP contribution in [0.15, 0.2) is 0 Å². The Morgan fingerprint density at radius 1 is 1.28 bits per heavy atom. The molecule has 2 atom stereocenters. The third-order valence-corrected chi connectivity index (χ3v) is 3.39. The second-order valence-electron chi connectivity index (χ2n) is 5.78. The fraction of sp³-hybridized carbons (Fsp3) is 0.933. The molecule has 2 unspecified atom stereocenters. The number of hydrogen-bond acceptors (Lipinski definition) is 3. The molecule has 0 spiro atoms. The van der Waals surface area contributed by atoms with Crippen LogP contribution in [0.25, 0.3) is 0 Å². The van der Waals surface area contributed by atoms with Crippen LogP contribution < -0.4 is 5.32 Å². The Morgan fingerprint density at radius 2 is 1.89 bits per heavy atom. The van der Waals surface area contributed by atoms with Crippen LogP contribution in [0.3, 0.4) is 0 Å². The molecule has 0 radical (unpaired) electrons. The van der Waals surface area contributed by atoms with E-state index in [2.05, 4.69) is 50.9 Å². The average molecular weight is 253 g/mol. The van der Waals surface area contributed by atoms with E-state index in [-0.39, 0.29) is 0 Å². The minimum atomic E-state index is -0.423. The van der Waals surface area contributed by atoms with Crippen molar-refractivity contribution in [2.75, 3.05) is 13.1 Å². The highest BCUT2D eigenvalue weighted by atomic mass is 15.1. The van der Waals surface area contributed by atoms with E-state index < -0.39 is 5.54 Å². The van der Waals surface area contributed by atoms with Crippen LogP contribution in [0.4, 0.5) is 0 Å². The number of unbranched alkanes of at least 4 members (excludes halogenated alkanes) is 1. The molecule has 0 aromatic heterocycles. The van der Waals surface area contributed by atoms with E-state index >= 15 is 0 Å². The Hall–Kier alpha value is -0.590. The van der Waals surface area contributed by atoms with Gasteiger partial charge in [0.2, 0.25) is 0 Å². The van der Waals surface area contributed by atoms with E-state index in [0.29, 0.717) is 12.1 Å². The first-order valence-corrected chi connectivity index (χ1v) is 7.31. The smallest absolute Gasteiger partial charge is 0.105 e. The predicted molar refractivity (Wildman–Crippen MR) is 78.5 cm³/mol. The monoisotopic (exact) mass is 253 g/mol. The lowest BCUT2D eigenvalue weighted by Gasteiger charge is -2.34. The minimum Gasteiger partial charge on any atom is -0.301 e. The molecule has 18 heavy (non-hydrogen) atoms. The summed E-state index contributed by atoms with van der Waals surface area (Å²) in [6.45, 7) is 15.0. The van der Waals surface area contributed by atoms with Gasteiger partial charge in [-0.25, -0.2) is 0 Å². The van der Waals surface area contributed by atoms with E-state index in [0.717, 1.165) is 19.5 Å². The first kappa shape index (κ1) is 17.4. The van der Waals surface area contributed by atoms with Crippen LogP contribution >= 0.6 is 0 Å². The first-order chi connectivity index (χ1) is 8.38. The normalized spacial score (nSPS) is 16.6. The van der Waals surface area contributed by atoms with Gasteiger partial charge in [-0.1, -0.05) is 20.3 Å². The zero-order valence-corrected chi connectivity index (χ0v) is 13.1. The quantitative estimate of drug-likeness (QED) is 0.686. The number of hydrogen-bond donors (Lipinski definition) is 1. The predicted octanol–water partition coefficient (Wildman–Crippen LogP) is 3.17. The molecule has 0 aliphatic rings. The number of nitrogens with one attached hydrogen (secondary N) is 1. The molecule has 0 rings (SSSR count). The lowest BCUT2D eigenvalue weighted by molar-refractivity contribution is 0.179. The molecule has 106 valence electrons. The molecule has 0 bridgehead atoms. The zero-order valence-electron chi connectivity index (χ0n) is 13.1. The highest BCUT2D eigenvalue weighted by Crippen LogP contribution is 2.17. The van der Waals surface area contributed by atoms with E-state index in [1.165, 1.54) is 12.8 Å². The van der Waals surface area contributed by atoms with Gasteiger partial charge in [0.1, 0.15) is 5.54 Å². The van der Waals surface area contributed by atoms with Gasteiger partial charge in [-0.05, 0) is 53.6 Å². The van der Waals surface area contributed by atoms with Gasteiger partial charge in [0, 0.05) is 12.1 Å². The van der Waals surface area contributed by atoms with E-state index in [4.69, 9.17) is 0 Å². The van der Waals surface area contributed by atoms with Gasteiger partial charge < -0.3 is 4.90 Å². The molecule has 1 N–H and O–H groups in total. The van der Waals surface area contributed by atoms with Gasteiger partial charge in [-0.15, -0.1) is 0 Å². The molecule has 0 aliphatic heterocycles. The fourth-order valence-electron chi connectivity index (χ4n) is 2.55. The maximum Gasteiger partial charge on any atom is 0.105 e. The number of nitrogens with zero attached hydrogens (tertiary/aromatic N) is 2. The van der Waals surface area contributed by atoms with E-state index in [1.807, 2.05) is 6.92 Å². The lowest BCUT2D eigenvalue weighted by Crippen LogP contribution is -2.49. The third-order valence-electron chi connectivity index (χ3n) is 3.39. The highest BCUT2D eigenvalue weighted by Gasteiger charge is 2.28. The van der Waals surface area contributed by atoms with Crippen molar-refractivity contribution in [3.8, 4) is 6.07 Å². The van der Waals surface area contributed by atoms with Crippen LogP contribution in [0.5, 0.6) is 0 Å². The summed E-state index contributed by atoms with van der Waals surface area (Å²) in [6, 6.07) is 3.22. The number of rotatable bonds is 9. The molecule has 0 fully saturated rings. The summed E-state index contributed by atoms with van der Waals surface area (Å²) in [5.41, 5.74) is -0.423. The van der Waals surface area contributed by atoms with Gasteiger partial charge in [-0.3, -0.25) is 5.32 Å². The Balaban J connectivity index is 4.48. The minimum absolute atomic E-state index is 0.340. The van der Waals surface area contributed by atoms with Gasteiger partial charge >= 0.3 is 0 Å². The van der Waals surface area contributed by atoms with Crippen molar-refractivity contribution in [2.24, 2.45) is 0 Å². The summed E-state index contributed by atoms with van der Waals surface area (Å²) < 4.78 is 0. The van der Waals surface area contributed by atoms with Crippen molar-refractivity contribution in [1.82, 2.24) is 10.2 Å². The molecule has 0 saturated heterocycles. The lowest BCUT2D eigenvalue weighted by atomic mass is 9.93. The SMILES string of the molecule is CCCCN(CC)C(C)CC(C)(C#N)NC(C)C. The van der Waals surface area contributed by atoms with Gasteiger partial charge in [0.05, 0.1) is 6.07 Å². The molecule has 0 aromatic carbocycles. The summed E-state index contributed by atoms with van der Waals surface area (Å²) in [7, 11) is 0. The standard InChI is InChI=1S/C15H31N3/c1-7-9-10-18(8-2)14(5)11-15(6,12-16)17-13(3)4/h13-14,17H,7-11H2,1-6H3. The van der Waals surface area contributed by atoms with Crippen molar-refractivity contribution >= 4 is 0 Å². The van der Waals surface area contributed by atoms with Crippen molar-refractivity contribution in [3.05, 3.63) is 0 Å². The van der Waals surface area contributed by atoms with E-state index in [1.54, 1.807) is 0 Å². The molecule has 0 saturated carbocycles. The largest absolute Gasteiger partial charge is 0.301 e. The molecule has 0 heterocycles. The third kappa shape index (κ3) is 6.37. The maximum atomic E-state index is 9.38. The summed E-state index contributed by atoms with van der Waals surface area (Å²) in [5, 5.41) is 12.8. The van der Waals surface area contributed by atoms with Crippen LogP contribution in [-0.4, -0.2) is 35.6 Å². The summed E-state index contributed by atoms with van der Waals surface area (Å²) in [5.74, 6) is 0. The van der Waals surface area contributed by atoms with Crippen molar-refractivity contribution in [2.45, 2.75) is 78.4 Å². The summed E-state index contributed by atoms with van der Waals surface area (Å²) in [4.78, 5) is 2.47. The Bertz CT molecular complexity index is 257. The van der Waals surface area contributed by atoms with Gasteiger partial charge in [0.15, 0.2) is 0 Å². The molecule has 0 aromatic rings. The molecule has 0 amide bonds. The Kier molecular flexibility index (Phi) is 8.22. The molecule has 3 heteroatoms. The van der Waals surface area contributed by atoms with Gasteiger partial charge in [0.25, 0.3) is 0 Å². The second-order valence-corrected chi connectivity index (χ2v) is 5.78. The zero-order chi connectivity index (χ0) is 14.2.